The number of anilines is 2. The van der Waals surface area contributed by atoms with Gasteiger partial charge in [0.25, 0.3) is 0 Å². The van der Waals surface area contributed by atoms with Crippen LogP contribution in [0.4, 0.5) is 15.8 Å². The molecule has 0 aliphatic carbocycles. The number of nitrogens with zero attached hydrogens (tertiary/aromatic N) is 1. The highest BCUT2D eigenvalue weighted by molar-refractivity contribution is 5.54. The second-order valence-electron chi connectivity index (χ2n) is 3.31. The van der Waals surface area contributed by atoms with Crippen molar-refractivity contribution in [3.63, 3.8) is 0 Å². The van der Waals surface area contributed by atoms with Gasteiger partial charge in [-0.2, -0.15) is 0 Å². The van der Waals surface area contributed by atoms with Gasteiger partial charge in [0.1, 0.15) is 5.82 Å². The summed E-state index contributed by atoms with van der Waals surface area (Å²) >= 11 is 0. The van der Waals surface area contributed by atoms with E-state index in [2.05, 4.69) is 0 Å². The lowest BCUT2D eigenvalue weighted by Gasteiger charge is -2.29. The Balaban J connectivity index is 0.000000659. The van der Waals surface area contributed by atoms with Crippen LogP contribution in [0.25, 0.3) is 0 Å². The van der Waals surface area contributed by atoms with Gasteiger partial charge in [-0.3, -0.25) is 0 Å². The maximum absolute atomic E-state index is 13.5. The molecule has 1 saturated heterocycles. The third-order valence-corrected chi connectivity index (χ3v) is 2.32. The molecule has 0 radical (unpaired) electrons. The largest absolute Gasteiger partial charge is 0.399 e. The van der Waals surface area contributed by atoms with Crippen LogP contribution in [-0.2, 0) is 4.74 Å². The molecule has 1 aliphatic heterocycles. The van der Waals surface area contributed by atoms with Crippen molar-refractivity contribution < 1.29 is 9.13 Å². The van der Waals surface area contributed by atoms with E-state index in [4.69, 9.17) is 10.5 Å². The van der Waals surface area contributed by atoms with Gasteiger partial charge < -0.3 is 15.4 Å². The van der Waals surface area contributed by atoms with Crippen LogP contribution >= 0.6 is 0 Å². The third kappa shape index (κ3) is 4.92. The molecule has 2 rings (SSSR count). The second kappa shape index (κ2) is 9.71. The van der Waals surface area contributed by atoms with Crippen LogP contribution in [0.15, 0.2) is 18.2 Å². The molecule has 0 amide bonds. The summed E-state index contributed by atoms with van der Waals surface area (Å²) < 4.78 is 18.7. The van der Waals surface area contributed by atoms with Crippen LogP contribution in [0.5, 0.6) is 0 Å². The zero-order valence-electron chi connectivity index (χ0n) is 11.9. The van der Waals surface area contributed by atoms with Gasteiger partial charge in [-0.1, -0.05) is 27.7 Å². The van der Waals surface area contributed by atoms with Gasteiger partial charge in [0.15, 0.2) is 0 Å². The fraction of sp³-hybridized carbons (Fsp3) is 0.571. The first-order valence-corrected chi connectivity index (χ1v) is 6.65. The van der Waals surface area contributed by atoms with E-state index in [-0.39, 0.29) is 5.82 Å². The first-order chi connectivity index (χ1) is 8.77. The molecular formula is C14H25FN2O. The minimum absolute atomic E-state index is 0.257. The molecule has 0 bridgehead atoms. The second-order valence-corrected chi connectivity index (χ2v) is 3.31. The summed E-state index contributed by atoms with van der Waals surface area (Å²) in [5, 5.41) is 0. The smallest absolute Gasteiger partial charge is 0.148 e. The Morgan fingerprint density at radius 1 is 1.11 bits per heavy atom. The van der Waals surface area contributed by atoms with Crippen molar-refractivity contribution in [2.24, 2.45) is 0 Å². The SMILES string of the molecule is CC.CC.Nc1ccc(N2CCOCC2)c(F)c1. The predicted octanol–water partition coefficient (Wildman–Crippen LogP) is 3.30. The van der Waals surface area contributed by atoms with Gasteiger partial charge in [-0.25, -0.2) is 4.39 Å². The maximum Gasteiger partial charge on any atom is 0.148 e. The standard InChI is InChI=1S/C10H13FN2O.2C2H6/c11-9-7-8(12)1-2-10(9)13-3-5-14-6-4-13;2*1-2/h1-2,7H,3-6,12H2;2*1-2H3. The summed E-state index contributed by atoms with van der Waals surface area (Å²) in [6.07, 6.45) is 0. The lowest BCUT2D eigenvalue weighted by molar-refractivity contribution is 0.122. The quantitative estimate of drug-likeness (QED) is 0.784. The average molecular weight is 256 g/mol. The Labute approximate surface area is 110 Å². The van der Waals surface area contributed by atoms with E-state index in [1.807, 2.05) is 32.6 Å². The van der Waals surface area contributed by atoms with Crippen molar-refractivity contribution >= 4 is 11.4 Å². The van der Waals surface area contributed by atoms with E-state index in [0.717, 1.165) is 13.1 Å². The topological polar surface area (TPSA) is 38.5 Å². The Hall–Kier alpha value is -1.29. The molecule has 1 aromatic rings. The van der Waals surface area contributed by atoms with E-state index in [0.29, 0.717) is 24.6 Å². The third-order valence-electron chi connectivity index (χ3n) is 2.32. The molecule has 2 N–H and O–H groups in total. The summed E-state index contributed by atoms with van der Waals surface area (Å²) in [4.78, 5) is 1.97. The highest BCUT2D eigenvalue weighted by Gasteiger charge is 2.14. The van der Waals surface area contributed by atoms with E-state index in [1.54, 1.807) is 12.1 Å². The number of benzene rings is 1. The Morgan fingerprint density at radius 3 is 2.17 bits per heavy atom. The Bertz CT molecular complexity index is 326. The molecule has 1 fully saturated rings. The first kappa shape index (κ1) is 16.7. The minimum Gasteiger partial charge on any atom is -0.399 e. The fourth-order valence-corrected chi connectivity index (χ4v) is 1.58. The van der Waals surface area contributed by atoms with Crippen LogP contribution in [0.3, 0.4) is 0 Å². The number of morpholine rings is 1. The van der Waals surface area contributed by atoms with Crippen molar-refractivity contribution in [1.29, 1.82) is 0 Å². The molecule has 3 nitrogen and oxygen atoms in total. The molecule has 0 saturated carbocycles. The molecule has 1 aliphatic rings. The van der Waals surface area contributed by atoms with Crippen LogP contribution < -0.4 is 10.6 Å². The predicted molar refractivity (Wildman–Crippen MR) is 76.5 cm³/mol. The van der Waals surface area contributed by atoms with Crippen molar-refractivity contribution in [2.45, 2.75) is 27.7 Å². The van der Waals surface area contributed by atoms with Crippen molar-refractivity contribution in [3.8, 4) is 0 Å². The fourth-order valence-electron chi connectivity index (χ4n) is 1.58. The van der Waals surface area contributed by atoms with Crippen LogP contribution in [-0.4, -0.2) is 26.3 Å². The van der Waals surface area contributed by atoms with Gasteiger partial charge in [0.2, 0.25) is 0 Å². The molecule has 104 valence electrons. The van der Waals surface area contributed by atoms with Gasteiger partial charge in [0, 0.05) is 18.8 Å². The molecule has 1 aromatic carbocycles. The molecular weight excluding hydrogens is 231 g/mol. The molecule has 1 heterocycles. The van der Waals surface area contributed by atoms with Gasteiger partial charge >= 0.3 is 0 Å². The number of hydrogen-bond acceptors (Lipinski definition) is 3. The number of ether oxygens (including phenoxy) is 1. The van der Waals surface area contributed by atoms with Crippen LogP contribution in [0, 0.1) is 5.82 Å². The number of nitrogens with two attached hydrogens (primary N) is 1. The maximum atomic E-state index is 13.5. The lowest BCUT2D eigenvalue weighted by atomic mass is 10.2. The summed E-state index contributed by atoms with van der Waals surface area (Å²) in [7, 11) is 0. The summed E-state index contributed by atoms with van der Waals surface area (Å²) in [5.41, 5.74) is 6.55. The first-order valence-electron chi connectivity index (χ1n) is 6.65. The average Bonchev–Trinajstić information content (AvgIpc) is 2.44. The van der Waals surface area contributed by atoms with Crippen LogP contribution in [0.2, 0.25) is 0 Å². The van der Waals surface area contributed by atoms with Gasteiger partial charge in [-0.05, 0) is 18.2 Å². The minimum atomic E-state index is -0.257. The number of hydrogen-bond donors (Lipinski definition) is 1. The molecule has 0 spiro atoms. The molecule has 4 heteroatoms. The van der Waals surface area contributed by atoms with Crippen LogP contribution in [0.1, 0.15) is 27.7 Å². The molecule has 0 unspecified atom stereocenters. The van der Waals surface area contributed by atoms with E-state index in [9.17, 15) is 4.39 Å². The highest BCUT2D eigenvalue weighted by Crippen LogP contribution is 2.22. The van der Waals surface area contributed by atoms with Crippen molar-refractivity contribution in [1.82, 2.24) is 0 Å². The van der Waals surface area contributed by atoms with Gasteiger partial charge in [0.05, 0.1) is 18.9 Å². The molecule has 18 heavy (non-hydrogen) atoms. The van der Waals surface area contributed by atoms with Crippen molar-refractivity contribution in [2.75, 3.05) is 36.9 Å². The molecule has 0 aromatic heterocycles. The number of halogens is 1. The Morgan fingerprint density at radius 2 is 1.67 bits per heavy atom. The monoisotopic (exact) mass is 256 g/mol. The summed E-state index contributed by atoms with van der Waals surface area (Å²) in [6, 6.07) is 4.79. The number of nitrogen functional groups attached to an aromatic ring is 1. The zero-order chi connectivity index (χ0) is 14.0. The van der Waals surface area contributed by atoms with E-state index < -0.39 is 0 Å². The number of rotatable bonds is 1. The van der Waals surface area contributed by atoms with E-state index in [1.165, 1.54) is 6.07 Å². The lowest BCUT2D eigenvalue weighted by Crippen LogP contribution is -2.36. The zero-order valence-corrected chi connectivity index (χ0v) is 11.9. The molecule has 0 atom stereocenters. The summed E-state index contributed by atoms with van der Waals surface area (Å²) in [5.74, 6) is -0.257. The van der Waals surface area contributed by atoms with E-state index >= 15 is 0 Å². The Kier molecular flexibility index (Phi) is 9.01. The summed E-state index contributed by atoms with van der Waals surface area (Å²) in [6.45, 7) is 10.8. The highest BCUT2D eigenvalue weighted by atomic mass is 19.1. The van der Waals surface area contributed by atoms with Gasteiger partial charge in [-0.15, -0.1) is 0 Å². The normalized spacial score (nSPS) is 13.9. The van der Waals surface area contributed by atoms with Crippen molar-refractivity contribution in [3.05, 3.63) is 24.0 Å².